The van der Waals surface area contributed by atoms with Crippen molar-refractivity contribution < 1.29 is 14.7 Å². The third-order valence-electron chi connectivity index (χ3n) is 4.11. The molecular formula is C16H22N2O3. The van der Waals surface area contributed by atoms with Crippen LogP contribution in [0, 0.1) is 11.3 Å². The zero-order valence-electron chi connectivity index (χ0n) is 12.6. The first kappa shape index (κ1) is 15.5. The lowest BCUT2D eigenvalue weighted by molar-refractivity contribution is -0.126. The van der Waals surface area contributed by atoms with Gasteiger partial charge in [0.05, 0.1) is 0 Å². The molecule has 0 aliphatic heterocycles. The molecule has 0 unspecified atom stereocenters. The highest BCUT2D eigenvalue weighted by atomic mass is 16.4. The van der Waals surface area contributed by atoms with E-state index in [9.17, 15) is 9.59 Å². The van der Waals surface area contributed by atoms with E-state index < -0.39 is 5.97 Å². The average Bonchev–Trinajstić information content (AvgIpc) is 2.88. The van der Waals surface area contributed by atoms with Crippen molar-refractivity contribution in [1.82, 2.24) is 4.98 Å². The van der Waals surface area contributed by atoms with Gasteiger partial charge in [-0.1, -0.05) is 26.7 Å². The highest BCUT2D eigenvalue weighted by Crippen LogP contribution is 2.44. The molecule has 5 heteroatoms. The van der Waals surface area contributed by atoms with Crippen LogP contribution in [0.2, 0.25) is 0 Å². The van der Waals surface area contributed by atoms with Crippen LogP contribution in [0.1, 0.15) is 56.3 Å². The molecule has 1 amide bonds. The maximum Gasteiger partial charge on any atom is 0.339 e. The minimum absolute atomic E-state index is 0.0311. The number of nitrogens with one attached hydrogen (secondary N) is 1. The van der Waals surface area contributed by atoms with Crippen LogP contribution < -0.4 is 5.32 Å². The largest absolute Gasteiger partial charge is 0.478 e. The number of hydrogen-bond donors (Lipinski definition) is 2. The van der Waals surface area contributed by atoms with E-state index in [-0.39, 0.29) is 22.7 Å². The Morgan fingerprint density at radius 2 is 2.05 bits per heavy atom. The molecule has 1 aliphatic carbocycles. The second-order valence-corrected chi connectivity index (χ2v) is 6.24. The summed E-state index contributed by atoms with van der Waals surface area (Å²) in [6.45, 7) is 4.22. The number of hydrogen-bond acceptors (Lipinski definition) is 3. The van der Waals surface area contributed by atoms with E-state index >= 15 is 0 Å². The van der Waals surface area contributed by atoms with Gasteiger partial charge in [0.2, 0.25) is 5.91 Å². The summed E-state index contributed by atoms with van der Waals surface area (Å²) < 4.78 is 0. The van der Waals surface area contributed by atoms with Crippen molar-refractivity contribution in [2.24, 2.45) is 11.3 Å². The SMILES string of the molecule is CC(C)CC1(C(=O)Nc2ncccc2C(=O)O)CCCC1. The number of carboxylic acid groups (broad SMARTS) is 1. The molecule has 2 rings (SSSR count). The first-order valence-corrected chi connectivity index (χ1v) is 7.44. The molecule has 0 saturated heterocycles. The van der Waals surface area contributed by atoms with Gasteiger partial charge in [0.25, 0.3) is 0 Å². The number of nitrogens with zero attached hydrogens (tertiary/aromatic N) is 1. The summed E-state index contributed by atoms with van der Waals surface area (Å²) in [5, 5.41) is 11.9. The van der Waals surface area contributed by atoms with Crippen molar-refractivity contribution >= 4 is 17.7 Å². The van der Waals surface area contributed by atoms with Gasteiger partial charge in [0, 0.05) is 11.6 Å². The molecule has 21 heavy (non-hydrogen) atoms. The number of carbonyl (C=O) groups excluding carboxylic acids is 1. The van der Waals surface area contributed by atoms with Gasteiger partial charge < -0.3 is 10.4 Å². The van der Waals surface area contributed by atoms with Gasteiger partial charge in [-0.05, 0) is 37.3 Å². The van der Waals surface area contributed by atoms with E-state index in [1.54, 1.807) is 6.07 Å². The molecule has 1 heterocycles. The van der Waals surface area contributed by atoms with Crippen molar-refractivity contribution in [3.8, 4) is 0 Å². The minimum Gasteiger partial charge on any atom is -0.478 e. The second kappa shape index (κ2) is 6.24. The Hall–Kier alpha value is -1.91. The summed E-state index contributed by atoms with van der Waals surface area (Å²) in [6.07, 6.45) is 6.15. The molecular weight excluding hydrogens is 268 g/mol. The Morgan fingerprint density at radius 1 is 1.38 bits per heavy atom. The van der Waals surface area contributed by atoms with Crippen molar-refractivity contribution in [3.05, 3.63) is 23.9 Å². The van der Waals surface area contributed by atoms with Gasteiger partial charge in [-0.2, -0.15) is 0 Å². The van der Waals surface area contributed by atoms with Crippen molar-refractivity contribution in [1.29, 1.82) is 0 Å². The van der Waals surface area contributed by atoms with E-state index in [1.165, 1.54) is 12.3 Å². The maximum atomic E-state index is 12.7. The van der Waals surface area contributed by atoms with Gasteiger partial charge in [-0.3, -0.25) is 4.79 Å². The first-order chi connectivity index (χ1) is 9.94. The molecule has 1 aromatic heterocycles. The zero-order valence-corrected chi connectivity index (χ0v) is 12.6. The fraction of sp³-hybridized carbons (Fsp3) is 0.562. The summed E-state index contributed by atoms with van der Waals surface area (Å²) in [5.41, 5.74) is -0.342. The molecule has 2 N–H and O–H groups in total. The van der Waals surface area contributed by atoms with E-state index in [4.69, 9.17) is 5.11 Å². The third-order valence-corrected chi connectivity index (χ3v) is 4.11. The summed E-state index contributed by atoms with van der Waals surface area (Å²) in [6, 6.07) is 3.01. The molecule has 0 aromatic carbocycles. The van der Waals surface area contributed by atoms with Crippen LogP contribution in [-0.4, -0.2) is 22.0 Å². The molecule has 0 bridgehead atoms. The number of aromatic carboxylic acids is 1. The Morgan fingerprint density at radius 3 is 2.62 bits per heavy atom. The number of amides is 1. The topological polar surface area (TPSA) is 79.3 Å². The number of pyridine rings is 1. The van der Waals surface area contributed by atoms with Gasteiger partial charge >= 0.3 is 5.97 Å². The fourth-order valence-corrected chi connectivity index (χ4v) is 3.27. The smallest absolute Gasteiger partial charge is 0.339 e. The molecule has 0 spiro atoms. The predicted octanol–water partition coefficient (Wildman–Crippen LogP) is 3.32. The minimum atomic E-state index is -1.08. The second-order valence-electron chi connectivity index (χ2n) is 6.24. The zero-order chi connectivity index (χ0) is 15.5. The quantitative estimate of drug-likeness (QED) is 0.871. The first-order valence-electron chi connectivity index (χ1n) is 7.44. The lowest BCUT2D eigenvalue weighted by Gasteiger charge is -2.29. The van der Waals surface area contributed by atoms with Crippen LogP contribution in [0.4, 0.5) is 5.82 Å². The predicted molar refractivity (Wildman–Crippen MR) is 80.2 cm³/mol. The molecule has 1 saturated carbocycles. The number of carboxylic acids is 1. The Bertz CT molecular complexity index is 534. The molecule has 5 nitrogen and oxygen atoms in total. The normalized spacial score (nSPS) is 16.9. The van der Waals surface area contributed by atoms with Crippen LogP contribution in [0.5, 0.6) is 0 Å². The Balaban J connectivity index is 2.22. The highest BCUT2D eigenvalue weighted by molar-refractivity contribution is 6.01. The van der Waals surface area contributed by atoms with Gasteiger partial charge in [-0.25, -0.2) is 9.78 Å². The number of rotatable bonds is 5. The lowest BCUT2D eigenvalue weighted by atomic mass is 9.77. The fourth-order valence-electron chi connectivity index (χ4n) is 3.27. The van der Waals surface area contributed by atoms with Crippen LogP contribution in [0.15, 0.2) is 18.3 Å². The van der Waals surface area contributed by atoms with Gasteiger partial charge in [-0.15, -0.1) is 0 Å². The summed E-state index contributed by atoms with van der Waals surface area (Å²) in [4.78, 5) is 27.9. The van der Waals surface area contributed by atoms with Crippen LogP contribution >= 0.6 is 0 Å². The Kier molecular flexibility index (Phi) is 4.60. The van der Waals surface area contributed by atoms with Gasteiger partial charge in [0.1, 0.15) is 11.4 Å². The van der Waals surface area contributed by atoms with Crippen LogP contribution in [-0.2, 0) is 4.79 Å². The number of aromatic nitrogens is 1. The Labute approximate surface area is 124 Å². The lowest BCUT2D eigenvalue weighted by Crippen LogP contribution is -2.35. The molecule has 1 fully saturated rings. The van der Waals surface area contributed by atoms with E-state index in [0.717, 1.165) is 32.1 Å². The summed E-state index contributed by atoms with van der Waals surface area (Å²) in [7, 11) is 0. The monoisotopic (exact) mass is 290 g/mol. The standard InChI is InChI=1S/C16H22N2O3/c1-11(2)10-16(7-3-4-8-16)15(21)18-13-12(14(19)20)6-5-9-17-13/h5-6,9,11H,3-4,7-8,10H2,1-2H3,(H,19,20)(H,17,18,21). The van der Waals surface area contributed by atoms with E-state index in [0.29, 0.717) is 5.92 Å². The van der Waals surface area contributed by atoms with Gasteiger partial charge in [0.15, 0.2) is 0 Å². The maximum absolute atomic E-state index is 12.7. The molecule has 1 aliphatic rings. The molecule has 0 atom stereocenters. The van der Waals surface area contributed by atoms with Crippen molar-refractivity contribution in [3.63, 3.8) is 0 Å². The highest BCUT2D eigenvalue weighted by Gasteiger charge is 2.41. The molecule has 114 valence electrons. The third kappa shape index (κ3) is 3.40. The average molecular weight is 290 g/mol. The molecule has 0 radical (unpaired) electrons. The van der Waals surface area contributed by atoms with Crippen LogP contribution in [0.3, 0.4) is 0 Å². The number of carbonyl (C=O) groups is 2. The summed E-state index contributed by atoms with van der Waals surface area (Å²) >= 11 is 0. The van der Waals surface area contributed by atoms with Crippen molar-refractivity contribution in [2.45, 2.75) is 46.0 Å². The van der Waals surface area contributed by atoms with Crippen LogP contribution in [0.25, 0.3) is 0 Å². The van der Waals surface area contributed by atoms with Crippen molar-refractivity contribution in [2.75, 3.05) is 5.32 Å². The summed E-state index contributed by atoms with van der Waals surface area (Å²) in [5.74, 6) is -0.598. The number of anilines is 1. The van der Waals surface area contributed by atoms with E-state index in [2.05, 4.69) is 24.1 Å². The van der Waals surface area contributed by atoms with E-state index in [1.807, 2.05) is 0 Å². The molecule has 1 aromatic rings.